The SMILES string of the molecule is Fc1ccc(-c2cnc3ccc(-c4cn[nH]c4-c4ccccc4F)cn23)cc1F.O=CC(F)(F)F. The van der Waals surface area contributed by atoms with E-state index in [0.29, 0.717) is 33.7 Å². The molecule has 2 aromatic carbocycles. The molecular formula is C24H14F6N4O. The predicted molar refractivity (Wildman–Crippen MR) is 116 cm³/mol. The van der Waals surface area contributed by atoms with Crippen LogP contribution in [0.15, 0.2) is 73.2 Å². The number of nitrogens with one attached hydrogen (secondary N) is 1. The molecule has 35 heavy (non-hydrogen) atoms. The molecule has 0 radical (unpaired) electrons. The summed E-state index contributed by atoms with van der Waals surface area (Å²) >= 11 is 0. The average molecular weight is 488 g/mol. The Morgan fingerprint density at radius 2 is 1.54 bits per heavy atom. The lowest BCUT2D eigenvalue weighted by atomic mass is 10.0. The van der Waals surface area contributed by atoms with E-state index in [1.807, 2.05) is 12.3 Å². The zero-order valence-corrected chi connectivity index (χ0v) is 17.5. The Morgan fingerprint density at radius 1 is 0.829 bits per heavy atom. The highest BCUT2D eigenvalue weighted by molar-refractivity contribution is 5.81. The minimum absolute atomic E-state index is 0.357. The van der Waals surface area contributed by atoms with Gasteiger partial charge in [-0.05, 0) is 42.5 Å². The minimum atomic E-state index is -4.64. The number of halogens is 6. The normalized spacial score (nSPS) is 11.3. The predicted octanol–water partition coefficient (Wildman–Crippen LogP) is 6.22. The number of carbonyl (C=O) groups is 1. The molecule has 0 spiro atoms. The highest BCUT2D eigenvalue weighted by atomic mass is 19.4. The molecule has 0 aliphatic heterocycles. The van der Waals surface area contributed by atoms with Gasteiger partial charge in [0.25, 0.3) is 0 Å². The number of aromatic amines is 1. The number of aromatic nitrogens is 4. The van der Waals surface area contributed by atoms with E-state index in [4.69, 9.17) is 4.79 Å². The third-order valence-electron chi connectivity index (χ3n) is 4.95. The molecule has 5 nitrogen and oxygen atoms in total. The summed E-state index contributed by atoms with van der Waals surface area (Å²) in [5.74, 6) is -2.19. The van der Waals surface area contributed by atoms with Gasteiger partial charge in [-0.25, -0.2) is 18.2 Å². The second-order valence-electron chi connectivity index (χ2n) is 7.22. The van der Waals surface area contributed by atoms with Crippen LogP contribution in [0, 0.1) is 17.5 Å². The summed E-state index contributed by atoms with van der Waals surface area (Å²) in [7, 11) is 0. The molecule has 0 saturated carbocycles. The Kier molecular flexibility index (Phi) is 6.41. The van der Waals surface area contributed by atoms with Crippen LogP contribution >= 0.6 is 0 Å². The van der Waals surface area contributed by atoms with Crippen LogP contribution in [0.4, 0.5) is 26.3 Å². The number of hydrogen-bond acceptors (Lipinski definition) is 3. The Bertz CT molecular complexity index is 1510. The van der Waals surface area contributed by atoms with Crippen LogP contribution in [0.2, 0.25) is 0 Å². The molecule has 0 bridgehead atoms. The molecule has 0 amide bonds. The molecule has 0 aliphatic carbocycles. The molecule has 0 fully saturated rings. The number of rotatable bonds is 3. The Hall–Kier alpha value is -4.41. The lowest BCUT2D eigenvalue weighted by Crippen LogP contribution is -2.07. The first kappa shape index (κ1) is 23.7. The third kappa shape index (κ3) is 5.08. The van der Waals surface area contributed by atoms with Crippen LogP contribution < -0.4 is 0 Å². The summed E-state index contributed by atoms with van der Waals surface area (Å²) in [5, 5.41) is 6.93. The van der Waals surface area contributed by atoms with E-state index in [0.717, 1.165) is 17.7 Å². The molecule has 1 N–H and O–H groups in total. The van der Waals surface area contributed by atoms with Gasteiger partial charge in [-0.15, -0.1) is 0 Å². The highest BCUT2D eigenvalue weighted by Crippen LogP contribution is 2.33. The van der Waals surface area contributed by atoms with E-state index in [9.17, 15) is 26.3 Å². The second-order valence-corrected chi connectivity index (χ2v) is 7.22. The standard InChI is InChI=1S/C22H13F3N4.C2HF3O/c23-17-4-2-1-3-15(17)22-16(10-27-28-22)14-6-8-21-26-11-20(29(21)12-14)13-5-7-18(24)19(25)9-13;3-2(4,5)1-6/h1-12H,(H,27,28);1H. The molecule has 0 aliphatic rings. The zero-order valence-electron chi connectivity index (χ0n) is 17.5. The van der Waals surface area contributed by atoms with Crippen LogP contribution in [-0.4, -0.2) is 32.0 Å². The number of fused-ring (bicyclic) bond motifs is 1. The van der Waals surface area contributed by atoms with Crippen molar-refractivity contribution in [2.75, 3.05) is 0 Å². The number of aldehydes is 1. The summed E-state index contributed by atoms with van der Waals surface area (Å²) in [6.45, 7) is 0. The summed E-state index contributed by atoms with van der Waals surface area (Å²) in [6.07, 6.45) is -0.669. The fourth-order valence-electron chi connectivity index (χ4n) is 3.38. The highest BCUT2D eigenvalue weighted by Gasteiger charge is 2.25. The van der Waals surface area contributed by atoms with Gasteiger partial charge >= 0.3 is 6.18 Å². The first-order valence-corrected chi connectivity index (χ1v) is 9.92. The maximum absolute atomic E-state index is 14.3. The van der Waals surface area contributed by atoms with Crippen LogP contribution in [0.5, 0.6) is 0 Å². The summed E-state index contributed by atoms with van der Waals surface area (Å²) in [6, 6.07) is 13.8. The maximum atomic E-state index is 14.3. The number of carbonyl (C=O) groups excluding carboxylic acids is 1. The van der Waals surface area contributed by atoms with E-state index in [-0.39, 0.29) is 5.82 Å². The van der Waals surface area contributed by atoms with Gasteiger partial charge in [0, 0.05) is 28.5 Å². The van der Waals surface area contributed by atoms with Gasteiger partial charge in [-0.3, -0.25) is 14.3 Å². The molecule has 3 aromatic heterocycles. The maximum Gasteiger partial charge on any atom is 0.446 e. The van der Waals surface area contributed by atoms with Crippen molar-refractivity contribution in [3.8, 4) is 33.6 Å². The van der Waals surface area contributed by atoms with Crippen LogP contribution in [0.1, 0.15) is 0 Å². The topological polar surface area (TPSA) is 63.1 Å². The molecule has 178 valence electrons. The van der Waals surface area contributed by atoms with E-state index in [2.05, 4.69) is 15.2 Å². The fourth-order valence-corrected chi connectivity index (χ4v) is 3.38. The fraction of sp³-hybridized carbons (Fsp3) is 0.0417. The number of pyridine rings is 1. The number of nitrogens with zero attached hydrogens (tertiary/aromatic N) is 3. The second kappa shape index (κ2) is 9.45. The first-order valence-electron chi connectivity index (χ1n) is 9.92. The van der Waals surface area contributed by atoms with Gasteiger partial charge in [-0.1, -0.05) is 12.1 Å². The monoisotopic (exact) mass is 488 g/mol. The van der Waals surface area contributed by atoms with Gasteiger partial charge < -0.3 is 0 Å². The van der Waals surface area contributed by atoms with Crippen molar-refractivity contribution >= 4 is 11.9 Å². The summed E-state index contributed by atoms with van der Waals surface area (Å²) in [5.41, 5.74) is 4.19. The Balaban J connectivity index is 0.000000431. The molecule has 3 heterocycles. The van der Waals surface area contributed by atoms with Crippen molar-refractivity contribution in [1.82, 2.24) is 19.6 Å². The van der Waals surface area contributed by atoms with Gasteiger partial charge in [0.15, 0.2) is 11.6 Å². The van der Waals surface area contributed by atoms with Gasteiger partial charge in [0.1, 0.15) is 11.5 Å². The van der Waals surface area contributed by atoms with Crippen LogP contribution in [0.25, 0.3) is 39.3 Å². The van der Waals surface area contributed by atoms with E-state index >= 15 is 0 Å². The van der Waals surface area contributed by atoms with Crippen molar-refractivity contribution in [2.45, 2.75) is 6.18 Å². The molecule has 5 aromatic rings. The van der Waals surface area contributed by atoms with E-state index in [1.165, 1.54) is 12.1 Å². The van der Waals surface area contributed by atoms with Crippen molar-refractivity contribution < 1.29 is 31.1 Å². The number of hydrogen-bond donors (Lipinski definition) is 1. The smallest absolute Gasteiger partial charge is 0.299 e. The Morgan fingerprint density at radius 3 is 2.23 bits per heavy atom. The third-order valence-corrected chi connectivity index (χ3v) is 4.95. The van der Waals surface area contributed by atoms with Crippen molar-refractivity contribution in [2.24, 2.45) is 0 Å². The molecule has 0 saturated heterocycles. The van der Waals surface area contributed by atoms with Crippen molar-refractivity contribution in [3.05, 3.63) is 90.6 Å². The molecule has 0 unspecified atom stereocenters. The van der Waals surface area contributed by atoms with E-state index < -0.39 is 24.1 Å². The quantitative estimate of drug-likeness (QED) is 0.242. The number of H-pyrrole nitrogens is 1. The molecule has 11 heteroatoms. The number of imidazole rings is 1. The van der Waals surface area contributed by atoms with Crippen LogP contribution in [-0.2, 0) is 4.79 Å². The number of benzene rings is 2. The number of alkyl halides is 3. The van der Waals surface area contributed by atoms with Gasteiger partial charge in [-0.2, -0.15) is 18.3 Å². The van der Waals surface area contributed by atoms with Gasteiger partial charge in [0.2, 0.25) is 6.29 Å². The first-order chi connectivity index (χ1) is 16.7. The lowest BCUT2D eigenvalue weighted by molar-refractivity contribution is -0.156. The molecule has 0 atom stereocenters. The zero-order chi connectivity index (χ0) is 25.2. The Labute approximate surface area is 193 Å². The largest absolute Gasteiger partial charge is 0.446 e. The summed E-state index contributed by atoms with van der Waals surface area (Å²) in [4.78, 5) is 13.0. The molecular weight excluding hydrogens is 474 g/mol. The average Bonchev–Trinajstić information content (AvgIpc) is 3.48. The van der Waals surface area contributed by atoms with Crippen LogP contribution in [0.3, 0.4) is 0 Å². The molecule has 5 rings (SSSR count). The van der Waals surface area contributed by atoms with Crippen molar-refractivity contribution in [1.29, 1.82) is 0 Å². The van der Waals surface area contributed by atoms with E-state index in [1.54, 1.807) is 41.1 Å². The van der Waals surface area contributed by atoms with Crippen molar-refractivity contribution in [3.63, 3.8) is 0 Å². The minimum Gasteiger partial charge on any atom is -0.299 e. The van der Waals surface area contributed by atoms with Gasteiger partial charge in [0.05, 0.1) is 23.8 Å². The summed E-state index contributed by atoms with van der Waals surface area (Å²) < 4.78 is 74.3. The lowest BCUT2D eigenvalue weighted by Gasteiger charge is -2.08.